The standard InChI is InChI=1S/C9H11NO4S2/c11-16(12,13)14-10-9(15)7-6-8-4-2-1-3-5-8/h1-5H,6-7H2,(H,10,15)(H,11,12,13). The predicted octanol–water partition coefficient (Wildman–Crippen LogP) is 1.27. The van der Waals surface area contributed by atoms with Crippen molar-refractivity contribution < 1.29 is 17.3 Å². The Labute approximate surface area is 99.3 Å². The molecule has 0 spiro atoms. The first-order chi connectivity index (χ1) is 7.47. The van der Waals surface area contributed by atoms with E-state index >= 15 is 0 Å². The van der Waals surface area contributed by atoms with Gasteiger partial charge in [-0.25, -0.2) is 5.48 Å². The molecule has 16 heavy (non-hydrogen) atoms. The van der Waals surface area contributed by atoms with Crippen molar-refractivity contribution >= 4 is 27.6 Å². The lowest BCUT2D eigenvalue weighted by atomic mass is 10.1. The van der Waals surface area contributed by atoms with Gasteiger partial charge >= 0.3 is 10.4 Å². The summed E-state index contributed by atoms with van der Waals surface area (Å²) in [6, 6.07) is 9.58. The van der Waals surface area contributed by atoms with Gasteiger partial charge in [-0.3, -0.25) is 4.55 Å². The molecule has 0 aliphatic rings. The first-order valence-electron chi connectivity index (χ1n) is 4.46. The molecule has 0 unspecified atom stereocenters. The maximum absolute atomic E-state index is 10.2. The van der Waals surface area contributed by atoms with Crippen molar-refractivity contribution in [2.45, 2.75) is 12.8 Å². The molecule has 2 N–H and O–H groups in total. The summed E-state index contributed by atoms with van der Waals surface area (Å²) in [4.78, 5) is 0.210. The summed E-state index contributed by atoms with van der Waals surface area (Å²) in [5.74, 6) is 0. The van der Waals surface area contributed by atoms with Crippen molar-refractivity contribution in [3.8, 4) is 0 Å². The monoisotopic (exact) mass is 261 g/mol. The number of rotatable bonds is 5. The largest absolute Gasteiger partial charge is 0.418 e. The highest BCUT2D eigenvalue weighted by molar-refractivity contribution is 7.81. The maximum Gasteiger partial charge on any atom is 0.418 e. The molecule has 0 fully saturated rings. The van der Waals surface area contributed by atoms with E-state index in [1.54, 1.807) is 0 Å². The van der Waals surface area contributed by atoms with E-state index in [4.69, 9.17) is 16.8 Å². The van der Waals surface area contributed by atoms with Crippen LogP contribution in [0.3, 0.4) is 0 Å². The van der Waals surface area contributed by atoms with Gasteiger partial charge in [-0.1, -0.05) is 42.5 Å². The van der Waals surface area contributed by atoms with Gasteiger partial charge in [-0.15, -0.1) is 4.28 Å². The van der Waals surface area contributed by atoms with Gasteiger partial charge in [-0.05, 0) is 12.0 Å². The average molecular weight is 261 g/mol. The maximum atomic E-state index is 10.2. The fraction of sp³-hybridized carbons (Fsp3) is 0.222. The van der Waals surface area contributed by atoms with Gasteiger partial charge in [0, 0.05) is 6.42 Å². The van der Waals surface area contributed by atoms with Crippen molar-refractivity contribution in [2.75, 3.05) is 0 Å². The minimum absolute atomic E-state index is 0.210. The lowest BCUT2D eigenvalue weighted by Gasteiger charge is -2.05. The van der Waals surface area contributed by atoms with Gasteiger partial charge in [0.05, 0.1) is 0 Å². The molecular formula is C9H11NO4S2. The van der Waals surface area contributed by atoms with Crippen molar-refractivity contribution in [1.29, 1.82) is 0 Å². The van der Waals surface area contributed by atoms with Gasteiger partial charge < -0.3 is 0 Å². The number of hydrogen-bond donors (Lipinski definition) is 2. The van der Waals surface area contributed by atoms with E-state index in [1.165, 1.54) is 0 Å². The molecular weight excluding hydrogens is 250 g/mol. The highest BCUT2D eigenvalue weighted by Crippen LogP contribution is 2.02. The molecule has 0 amide bonds. The van der Waals surface area contributed by atoms with Crippen LogP contribution >= 0.6 is 12.2 Å². The summed E-state index contributed by atoms with van der Waals surface area (Å²) < 4.78 is 32.6. The van der Waals surface area contributed by atoms with E-state index in [1.807, 2.05) is 35.8 Å². The first kappa shape index (κ1) is 13.0. The van der Waals surface area contributed by atoms with E-state index in [9.17, 15) is 8.42 Å². The van der Waals surface area contributed by atoms with Crippen molar-refractivity contribution in [1.82, 2.24) is 5.48 Å². The normalized spacial score (nSPS) is 11.1. The number of hydroxylamine groups is 1. The Balaban J connectivity index is 2.31. The lowest BCUT2D eigenvalue weighted by Crippen LogP contribution is -2.25. The van der Waals surface area contributed by atoms with Gasteiger partial charge in [0.1, 0.15) is 4.99 Å². The highest BCUT2D eigenvalue weighted by Gasteiger charge is 2.06. The second-order valence-electron chi connectivity index (χ2n) is 3.02. The molecule has 0 aliphatic heterocycles. The summed E-state index contributed by atoms with van der Waals surface area (Å²) >= 11 is 4.81. The topological polar surface area (TPSA) is 75.6 Å². The highest BCUT2D eigenvalue weighted by atomic mass is 32.3. The van der Waals surface area contributed by atoms with Crippen LogP contribution in [0.4, 0.5) is 0 Å². The molecule has 0 bridgehead atoms. The molecule has 5 nitrogen and oxygen atoms in total. The smallest absolute Gasteiger partial charge is 0.262 e. The number of benzene rings is 1. The molecule has 1 aromatic carbocycles. The molecule has 0 aliphatic carbocycles. The van der Waals surface area contributed by atoms with Crippen LogP contribution in [-0.4, -0.2) is 18.0 Å². The predicted molar refractivity (Wildman–Crippen MR) is 63.1 cm³/mol. The second kappa shape index (κ2) is 5.90. The van der Waals surface area contributed by atoms with Crippen LogP contribution in [0, 0.1) is 0 Å². The Bertz CT molecular complexity index is 444. The number of hydrogen-bond acceptors (Lipinski definition) is 4. The summed E-state index contributed by atoms with van der Waals surface area (Å²) in [5.41, 5.74) is 3.07. The van der Waals surface area contributed by atoms with Crippen LogP contribution in [-0.2, 0) is 21.1 Å². The van der Waals surface area contributed by atoms with E-state index in [0.717, 1.165) is 5.56 Å². The third-order valence-electron chi connectivity index (χ3n) is 1.74. The summed E-state index contributed by atoms with van der Waals surface area (Å²) in [6.07, 6.45) is 1.11. The first-order valence-corrected chi connectivity index (χ1v) is 6.23. The SMILES string of the molecule is O=S(=O)(O)ONC(=S)CCc1ccccc1. The molecule has 0 saturated heterocycles. The number of nitrogens with one attached hydrogen (secondary N) is 1. The fourth-order valence-electron chi connectivity index (χ4n) is 1.05. The fourth-order valence-corrected chi connectivity index (χ4v) is 1.46. The quantitative estimate of drug-likeness (QED) is 0.472. The van der Waals surface area contributed by atoms with Crippen LogP contribution in [0.1, 0.15) is 12.0 Å². The number of aryl methyl sites for hydroxylation is 1. The van der Waals surface area contributed by atoms with E-state index < -0.39 is 10.4 Å². The zero-order valence-corrected chi connectivity index (χ0v) is 9.92. The number of thiocarbonyl (C=S) groups is 1. The molecule has 0 atom stereocenters. The third kappa shape index (κ3) is 5.76. The zero-order valence-electron chi connectivity index (χ0n) is 8.29. The average Bonchev–Trinajstić information content (AvgIpc) is 2.24. The third-order valence-corrected chi connectivity index (χ3v) is 2.33. The van der Waals surface area contributed by atoms with E-state index in [-0.39, 0.29) is 4.99 Å². The van der Waals surface area contributed by atoms with Crippen LogP contribution < -0.4 is 5.48 Å². The van der Waals surface area contributed by atoms with Crippen molar-refractivity contribution in [2.24, 2.45) is 0 Å². The van der Waals surface area contributed by atoms with Crippen LogP contribution in [0.25, 0.3) is 0 Å². The molecule has 88 valence electrons. The Hall–Kier alpha value is -1.02. The molecule has 0 heterocycles. The van der Waals surface area contributed by atoms with Gasteiger partial charge in [0.15, 0.2) is 0 Å². The molecule has 1 aromatic rings. The Morgan fingerprint density at radius 3 is 2.56 bits per heavy atom. The van der Waals surface area contributed by atoms with Crippen molar-refractivity contribution in [3.63, 3.8) is 0 Å². The van der Waals surface area contributed by atoms with Crippen LogP contribution in [0.2, 0.25) is 0 Å². The Kier molecular flexibility index (Phi) is 4.81. The minimum atomic E-state index is -4.50. The summed E-state index contributed by atoms with van der Waals surface area (Å²) in [5, 5.41) is 0. The summed E-state index contributed by atoms with van der Waals surface area (Å²) in [6.45, 7) is 0. The molecule has 7 heteroatoms. The van der Waals surface area contributed by atoms with Crippen LogP contribution in [0.5, 0.6) is 0 Å². The van der Waals surface area contributed by atoms with Gasteiger partial charge in [0.2, 0.25) is 0 Å². The molecule has 0 aromatic heterocycles. The van der Waals surface area contributed by atoms with Crippen LogP contribution in [0.15, 0.2) is 30.3 Å². The molecule has 0 saturated carbocycles. The Morgan fingerprint density at radius 1 is 1.38 bits per heavy atom. The van der Waals surface area contributed by atoms with E-state index in [2.05, 4.69) is 4.28 Å². The zero-order chi connectivity index (χ0) is 12.0. The van der Waals surface area contributed by atoms with Gasteiger partial charge in [-0.2, -0.15) is 8.42 Å². The summed E-state index contributed by atoms with van der Waals surface area (Å²) in [7, 11) is -4.50. The van der Waals surface area contributed by atoms with E-state index in [0.29, 0.717) is 12.8 Å². The van der Waals surface area contributed by atoms with Crippen molar-refractivity contribution in [3.05, 3.63) is 35.9 Å². The van der Waals surface area contributed by atoms with Gasteiger partial charge in [0.25, 0.3) is 0 Å². The molecule has 1 rings (SSSR count). The Morgan fingerprint density at radius 2 is 2.00 bits per heavy atom. The molecule has 0 radical (unpaired) electrons. The minimum Gasteiger partial charge on any atom is -0.262 e. The lowest BCUT2D eigenvalue weighted by molar-refractivity contribution is 0.227. The second-order valence-corrected chi connectivity index (χ2v) is 4.54.